The van der Waals surface area contributed by atoms with Gasteiger partial charge < -0.3 is 10.6 Å². The minimum Gasteiger partial charge on any atom is -0.368 e. The van der Waals surface area contributed by atoms with Crippen molar-refractivity contribution in [3.63, 3.8) is 0 Å². The fourth-order valence-electron chi connectivity index (χ4n) is 2.38. The van der Waals surface area contributed by atoms with Gasteiger partial charge in [-0.25, -0.2) is 4.79 Å². The van der Waals surface area contributed by atoms with Crippen LogP contribution in [0.15, 0.2) is 24.3 Å². The molecule has 0 bridgehead atoms. The number of hydrogen-bond acceptors (Lipinski definition) is 4. The van der Waals surface area contributed by atoms with E-state index < -0.39 is 6.03 Å². The van der Waals surface area contributed by atoms with E-state index in [4.69, 9.17) is 17.3 Å². The van der Waals surface area contributed by atoms with Crippen LogP contribution in [0.2, 0.25) is 5.02 Å². The number of primary amides is 1. The summed E-state index contributed by atoms with van der Waals surface area (Å²) in [6, 6.07) is 6.99. The van der Waals surface area contributed by atoms with E-state index in [9.17, 15) is 9.59 Å². The molecule has 1 aromatic carbocycles. The molecular formula is C14H19ClN4O2. The molecule has 7 heteroatoms. The Bertz CT molecular complexity index is 515. The van der Waals surface area contributed by atoms with Crippen molar-refractivity contribution in [2.24, 2.45) is 5.73 Å². The van der Waals surface area contributed by atoms with Crippen molar-refractivity contribution in [1.82, 2.24) is 10.2 Å². The molecule has 6 nitrogen and oxygen atoms in total. The number of rotatable bonds is 4. The highest BCUT2D eigenvalue weighted by molar-refractivity contribution is 6.33. The van der Waals surface area contributed by atoms with E-state index in [1.807, 2.05) is 24.3 Å². The second-order valence-electron chi connectivity index (χ2n) is 4.94. The van der Waals surface area contributed by atoms with Crippen LogP contribution in [0.25, 0.3) is 0 Å². The number of carbonyl (C=O) groups excluding carboxylic acids is 2. The number of imide groups is 1. The van der Waals surface area contributed by atoms with Crippen LogP contribution in [-0.4, -0.2) is 49.6 Å². The molecule has 1 heterocycles. The first-order valence-electron chi connectivity index (χ1n) is 6.87. The van der Waals surface area contributed by atoms with Gasteiger partial charge in [-0.05, 0) is 12.1 Å². The fourth-order valence-corrected chi connectivity index (χ4v) is 2.64. The number of carbonyl (C=O) groups is 2. The summed E-state index contributed by atoms with van der Waals surface area (Å²) in [6.45, 7) is 4.06. The van der Waals surface area contributed by atoms with Crippen LogP contribution in [-0.2, 0) is 4.79 Å². The van der Waals surface area contributed by atoms with E-state index in [1.165, 1.54) is 0 Å². The number of nitrogens with one attached hydrogen (secondary N) is 1. The maximum atomic E-state index is 11.4. The van der Waals surface area contributed by atoms with Crippen LogP contribution in [0.1, 0.15) is 6.42 Å². The Morgan fingerprint density at radius 1 is 1.19 bits per heavy atom. The summed E-state index contributed by atoms with van der Waals surface area (Å²) in [5.41, 5.74) is 5.94. The molecular weight excluding hydrogens is 292 g/mol. The van der Waals surface area contributed by atoms with Crippen molar-refractivity contribution in [1.29, 1.82) is 0 Å². The topological polar surface area (TPSA) is 78.7 Å². The van der Waals surface area contributed by atoms with Crippen LogP contribution in [0, 0.1) is 0 Å². The Balaban J connectivity index is 1.77. The SMILES string of the molecule is NC(=O)NC(=O)CCN1CCN(c2ccccc2Cl)CC1. The summed E-state index contributed by atoms with van der Waals surface area (Å²) in [5, 5.41) is 2.83. The zero-order valence-electron chi connectivity index (χ0n) is 11.7. The predicted octanol–water partition coefficient (Wildman–Crippen LogP) is 1.05. The predicted molar refractivity (Wildman–Crippen MR) is 82.4 cm³/mol. The number of nitrogens with zero attached hydrogens (tertiary/aromatic N) is 2. The van der Waals surface area contributed by atoms with E-state index >= 15 is 0 Å². The van der Waals surface area contributed by atoms with Gasteiger partial charge in [0, 0.05) is 39.1 Å². The first-order chi connectivity index (χ1) is 10.1. The van der Waals surface area contributed by atoms with Gasteiger partial charge in [0.1, 0.15) is 0 Å². The van der Waals surface area contributed by atoms with Gasteiger partial charge >= 0.3 is 6.03 Å². The minimum atomic E-state index is -0.802. The number of urea groups is 1. The summed E-state index contributed by atoms with van der Waals surface area (Å²) in [6.07, 6.45) is 0.273. The third-order valence-corrected chi connectivity index (χ3v) is 3.80. The molecule has 21 heavy (non-hydrogen) atoms. The van der Waals surface area contributed by atoms with Gasteiger partial charge in [-0.1, -0.05) is 23.7 Å². The fraction of sp³-hybridized carbons (Fsp3) is 0.429. The average Bonchev–Trinajstić information content (AvgIpc) is 2.46. The van der Waals surface area contributed by atoms with Gasteiger partial charge in [-0.2, -0.15) is 0 Å². The maximum absolute atomic E-state index is 11.4. The third kappa shape index (κ3) is 4.61. The molecule has 0 unspecified atom stereocenters. The highest BCUT2D eigenvalue weighted by Crippen LogP contribution is 2.25. The smallest absolute Gasteiger partial charge is 0.318 e. The van der Waals surface area contributed by atoms with Crippen molar-refractivity contribution in [3.05, 3.63) is 29.3 Å². The molecule has 1 aliphatic heterocycles. The van der Waals surface area contributed by atoms with Crippen LogP contribution in [0.5, 0.6) is 0 Å². The van der Waals surface area contributed by atoms with Gasteiger partial charge in [0.25, 0.3) is 0 Å². The lowest BCUT2D eigenvalue weighted by Gasteiger charge is -2.36. The van der Waals surface area contributed by atoms with Crippen LogP contribution < -0.4 is 16.0 Å². The minimum absolute atomic E-state index is 0.273. The van der Waals surface area contributed by atoms with Crippen LogP contribution in [0.3, 0.4) is 0 Å². The Morgan fingerprint density at radius 3 is 2.48 bits per heavy atom. The van der Waals surface area contributed by atoms with E-state index in [0.717, 1.165) is 36.9 Å². The number of amides is 3. The zero-order valence-corrected chi connectivity index (χ0v) is 12.5. The third-order valence-electron chi connectivity index (χ3n) is 3.48. The molecule has 3 N–H and O–H groups in total. The monoisotopic (exact) mass is 310 g/mol. The Morgan fingerprint density at radius 2 is 1.86 bits per heavy atom. The van der Waals surface area contributed by atoms with Gasteiger partial charge in [0.2, 0.25) is 5.91 Å². The quantitative estimate of drug-likeness (QED) is 0.871. The number of benzene rings is 1. The lowest BCUT2D eigenvalue weighted by molar-refractivity contribution is -0.120. The Kier molecular flexibility index (Phi) is 5.41. The van der Waals surface area contributed by atoms with E-state index in [2.05, 4.69) is 15.1 Å². The second-order valence-corrected chi connectivity index (χ2v) is 5.35. The number of nitrogens with two attached hydrogens (primary N) is 1. The molecule has 1 aliphatic rings. The average molecular weight is 311 g/mol. The number of para-hydroxylation sites is 1. The zero-order chi connectivity index (χ0) is 15.2. The molecule has 3 amide bonds. The summed E-state index contributed by atoms with van der Waals surface area (Å²) < 4.78 is 0. The van der Waals surface area contributed by atoms with Gasteiger partial charge in [-0.15, -0.1) is 0 Å². The van der Waals surface area contributed by atoms with Crippen molar-refractivity contribution >= 4 is 29.2 Å². The van der Waals surface area contributed by atoms with Crippen molar-refractivity contribution < 1.29 is 9.59 Å². The molecule has 0 aliphatic carbocycles. The van der Waals surface area contributed by atoms with Crippen LogP contribution >= 0.6 is 11.6 Å². The first kappa shape index (κ1) is 15.6. The first-order valence-corrected chi connectivity index (χ1v) is 7.25. The number of halogens is 1. The van der Waals surface area contributed by atoms with Crippen molar-refractivity contribution in [2.45, 2.75) is 6.42 Å². The molecule has 0 aromatic heterocycles. The standard InChI is InChI=1S/C14H19ClN4O2/c15-11-3-1-2-4-12(11)19-9-7-18(8-10-19)6-5-13(20)17-14(16)21/h1-4H,5-10H2,(H3,16,17,20,21). The highest BCUT2D eigenvalue weighted by Gasteiger charge is 2.19. The summed E-state index contributed by atoms with van der Waals surface area (Å²) >= 11 is 6.19. The number of piperazine rings is 1. The van der Waals surface area contributed by atoms with Gasteiger partial charge in [-0.3, -0.25) is 15.0 Å². The number of hydrogen-bond donors (Lipinski definition) is 2. The summed E-state index contributed by atoms with van der Waals surface area (Å²) in [5.74, 6) is -0.337. The van der Waals surface area contributed by atoms with E-state index in [0.29, 0.717) is 6.54 Å². The van der Waals surface area contributed by atoms with Crippen molar-refractivity contribution in [2.75, 3.05) is 37.6 Å². The van der Waals surface area contributed by atoms with Gasteiger partial charge in [0.05, 0.1) is 10.7 Å². The Labute approximate surface area is 128 Å². The summed E-state index contributed by atoms with van der Waals surface area (Å²) in [7, 11) is 0. The number of anilines is 1. The molecule has 1 fully saturated rings. The Hall–Kier alpha value is -1.79. The molecule has 0 saturated carbocycles. The molecule has 0 spiro atoms. The molecule has 1 saturated heterocycles. The lowest BCUT2D eigenvalue weighted by Crippen LogP contribution is -2.47. The van der Waals surface area contributed by atoms with E-state index in [-0.39, 0.29) is 12.3 Å². The molecule has 114 valence electrons. The largest absolute Gasteiger partial charge is 0.368 e. The van der Waals surface area contributed by atoms with E-state index in [1.54, 1.807) is 0 Å². The molecule has 1 aromatic rings. The molecule has 0 atom stereocenters. The highest BCUT2D eigenvalue weighted by atomic mass is 35.5. The normalized spacial score (nSPS) is 15.8. The lowest BCUT2D eigenvalue weighted by atomic mass is 10.2. The van der Waals surface area contributed by atoms with Gasteiger partial charge in [0.15, 0.2) is 0 Å². The van der Waals surface area contributed by atoms with Crippen LogP contribution in [0.4, 0.5) is 10.5 Å². The maximum Gasteiger partial charge on any atom is 0.318 e. The molecule has 2 rings (SSSR count). The summed E-state index contributed by atoms with van der Waals surface area (Å²) in [4.78, 5) is 26.3. The second kappa shape index (κ2) is 7.28. The molecule has 0 radical (unpaired) electrons. The van der Waals surface area contributed by atoms with Crippen molar-refractivity contribution in [3.8, 4) is 0 Å².